The molecule has 0 unspecified atom stereocenters. The minimum Gasteiger partial charge on any atom is -0.324 e. The monoisotopic (exact) mass is 363 g/mol. The molecule has 0 aromatic heterocycles. The number of hydrogen-bond donors (Lipinski definition) is 1. The number of benzene rings is 2. The van der Waals surface area contributed by atoms with Crippen molar-refractivity contribution < 1.29 is 4.79 Å². The van der Waals surface area contributed by atoms with E-state index in [0.717, 1.165) is 27.7 Å². The summed E-state index contributed by atoms with van der Waals surface area (Å²) in [4.78, 5) is 12.5. The van der Waals surface area contributed by atoms with Crippen molar-refractivity contribution in [1.82, 2.24) is 0 Å². The molecule has 0 aliphatic heterocycles. The van der Waals surface area contributed by atoms with Crippen LogP contribution in [0.15, 0.2) is 54.6 Å². The fourth-order valence-corrected chi connectivity index (χ4v) is 2.86. The first-order valence-electron chi connectivity index (χ1n) is 6.34. The topological polar surface area (TPSA) is 29.1 Å². The van der Waals surface area contributed by atoms with Gasteiger partial charge in [-0.1, -0.05) is 42.5 Å². The van der Waals surface area contributed by atoms with Gasteiger partial charge in [-0.25, -0.2) is 0 Å². The summed E-state index contributed by atoms with van der Waals surface area (Å²) >= 11 is 2.24. The molecule has 3 heteroatoms. The van der Waals surface area contributed by atoms with E-state index in [1.54, 1.807) is 0 Å². The van der Waals surface area contributed by atoms with E-state index in [-0.39, 0.29) is 11.3 Å². The summed E-state index contributed by atoms with van der Waals surface area (Å²) in [6.07, 6.45) is 1.87. The van der Waals surface area contributed by atoms with E-state index >= 15 is 0 Å². The SMILES string of the molecule is O=C(Nc1ccccc1I)C1(c2ccccc2)CC1. The number of anilines is 1. The number of carbonyl (C=O) groups is 1. The predicted octanol–water partition coefficient (Wildman–Crippen LogP) is 3.96. The van der Waals surface area contributed by atoms with Crippen LogP contribution in [0.4, 0.5) is 5.69 Å². The van der Waals surface area contributed by atoms with Crippen LogP contribution in [-0.2, 0) is 10.2 Å². The molecule has 1 fully saturated rings. The van der Waals surface area contributed by atoms with Crippen molar-refractivity contribution in [3.8, 4) is 0 Å². The number of hydrogen-bond acceptors (Lipinski definition) is 1. The Morgan fingerprint density at radius 3 is 2.26 bits per heavy atom. The van der Waals surface area contributed by atoms with E-state index in [1.807, 2.05) is 54.6 Å². The van der Waals surface area contributed by atoms with Crippen molar-refractivity contribution >= 4 is 34.2 Å². The third-order valence-corrected chi connectivity index (χ3v) is 4.57. The van der Waals surface area contributed by atoms with Crippen LogP contribution in [0.2, 0.25) is 0 Å². The zero-order chi connectivity index (χ0) is 13.3. The molecule has 1 amide bonds. The standard InChI is InChI=1S/C16H14INO/c17-13-8-4-5-9-14(13)18-15(19)16(10-11-16)12-6-2-1-3-7-12/h1-9H,10-11H2,(H,18,19). The molecule has 19 heavy (non-hydrogen) atoms. The van der Waals surface area contributed by atoms with Crippen LogP contribution < -0.4 is 5.32 Å². The van der Waals surface area contributed by atoms with Crippen molar-refractivity contribution in [3.63, 3.8) is 0 Å². The number of carbonyl (C=O) groups excluding carboxylic acids is 1. The first kappa shape index (κ1) is 12.7. The molecule has 0 spiro atoms. The molecule has 2 aromatic carbocycles. The number of para-hydroxylation sites is 1. The largest absolute Gasteiger partial charge is 0.324 e. The highest BCUT2D eigenvalue weighted by atomic mass is 127. The van der Waals surface area contributed by atoms with Crippen LogP contribution in [0, 0.1) is 3.57 Å². The van der Waals surface area contributed by atoms with E-state index in [9.17, 15) is 4.79 Å². The third kappa shape index (κ3) is 2.39. The van der Waals surface area contributed by atoms with Crippen molar-refractivity contribution in [3.05, 3.63) is 63.7 Å². The molecule has 1 N–H and O–H groups in total. The van der Waals surface area contributed by atoms with Crippen molar-refractivity contribution in [2.45, 2.75) is 18.3 Å². The van der Waals surface area contributed by atoms with Crippen LogP contribution >= 0.6 is 22.6 Å². The molecular weight excluding hydrogens is 349 g/mol. The normalized spacial score (nSPS) is 15.8. The molecule has 1 aliphatic carbocycles. The zero-order valence-electron chi connectivity index (χ0n) is 10.4. The summed E-state index contributed by atoms with van der Waals surface area (Å²) in [6.45, 7) is 0. The summed E-state index contributed by atoms with van der Waals surface area (Å²) < 4.78 is 1.07. The van der Waals surface area contributed by atoms with Gasteiger partial charge < -0.3 is 5.32 Å². The van der Waals surface area contributed by atoms with Gasteiger partial charge in [0.05, 0.1) is 11.1 Å². The van der Waals surface area contributed by atoms with Gasteiger partial charge in [0, 0.05) is 3.57 Å². The van der Waals surface area contributed by atoms with E-state index in [4.69, 9.17) is 0 Å². The second-order valence-electron chi connectivity index (χ2n) is 4.88. The highest BCUT2D eigenvalue weighted by molar-refractivity contribution is 14.1. The minimum atomic E-state index is -0.305. The van der Waals surface area contributed by atoms with Crippen LogP contribution in [0.25, 0.3) is 0 Å². The first-order chi connectivity index (χ1) is 9.22. The average Bonchev–Trinajstić information content (AvgIpc) is 3.24. The van der Waals surface area contributed by atoms with Gasteiger partial charge in [0.1, 0.15) is 0 Å². The van der Waals surface area contributed by atoms with Crippen molar-refractivity contribution in [2.75, 3.05) is 5.32 Å². The zero-order valence-corrected chi connectivity index (χ0v) is 12.6. The second-order valence-corrected chi connectivity index (χ2v) is 6.04. The molecule has 0 saturated heterocycles. The van der Waals surface area contributed by atoms with E-state index in [2.05, 4.69) is 27.9 Å². The van der Waals surface area contributed by atoms with Gasteiger partial charge in [-0.15, -0.1) is 0 Å². The number of halogens is 1. The maximum atomic E-state index is 12.5. The van der Waals surface area contributed by atoms with Gasteiger partial charge in [0.25, 0.3) is 0 Å². The Balaban J connectivity index is 1.84. The Labute approximate surface area is 126 Å². The molecule has 3 rings (SSSR count). The first-order valence-corrected chi connectivity index (χ1v) is 7.42. The van der Waals surface area contributed by atoms with Gasteiger partial charge in [-0.05, 0) is 53.1 Å². The number of rotatable bonds is 3. The molecule has 1 aliphatic rings. The fourth-order valence-electron chi connectivity index (χ4n) is 2.33. The van der Waals surface area contributed by atoms with Crippen LogP contribution in [0.5, 0.6) is 0 Å². The van der Waals surface area contributed by atoms with Crippen LogP contribution in [0.1, 0.15) is 18.4 Å². The summed E-state index contributed by atoms with van der Waals surface area (Å²) in [7, 11) is 0. The molecule has 0 bridgehead atoms. The Kier molecular flexibility index (Phi) is 3.31. The van der Waals surface area contributed by atoms with Gasteiger partial charge in [0.15, 0.2) is 0 Å². The maximum Gasteiger partial charge on any atom is 0.235 e. The fraction of sp³-hybridized carbons (Fsp3) is 0.188. The summed E-state index contributed by atoms with van der Waals surface area (Å²) in [5.41, 5.74) is 1.72. The lowest BCUT2D eigenvalue weighted by atomic mass is 9.95. The second kappa shape index (κ2) is 4.96. The summed E-state index contributed by atoms with van der Waals surface area (Å²) in [5.74, 6) is 0.114. The van der Waals surface area contributed by atoms with Gasteiger partial charge in [-0.2, -0.15) is 0 Å². The molecule has 0 heterocycles. The Morgan fingerprint density at radius 2 is 1.63 bits per heavy atom. The lowest BCUT2D eigenvalue weighted by Crippen LogP contribution is -2.28. The van der Waals surface area contributed by atoms with Crippen molar-refractivity contribution in [2.24, 2.45) is 0 Å². The van der Waals surface area contributed by atoms with Crippen LogP contribution in [0.3, 0.4) is 0 Å². The molecule has 96 valence electrons. The highest BCUT2D eigenvalue weighted by Gasteiger charge is 2.51. The predicted molar refractivity (Wildman–Crippen MR) is 85.1 cm³/mol. The molecule has 2 aromatic rings. The van der Waals surface area contributed by atoms with Gasteiger partial charge in [-0.3, -0.25) is 4.79 Å². The smallest absolute Gasteiger partial charge is 0.235 e. The number of amides is 1. The van der Waals surface area contributed by atoms with Crippen LogP contribution in [-0.4, -0.2) is 5.91 Å². The quantitative estimate of drug-likeness (QED) is 0.822. The minimum absolute atomic E-state index is 0.114. The molecule has 0 radical (unpaired) electrons. The van der Waals surface area contributed by atoms with Crippen molar-refractivity contribution in [1.29, 1.82) is 0 Å². The average molecular weight is 363 g/mol. The number of nitrogens with one attached hydrogen (secondary N) is 1. The Bertz CT molecular complexity index is 605. The van der Waals surface area contributed by atoms with E-state index < -0.39 is 0 Å². The van der Waals surface area contributed by atoms with E-state index in [1.165, 1.54) is 0 Å². The summed E-state index contributed by atoms with van der Waals surface area (Å²) in [5, 5.41) is 3.07. The Morgan fingerprint density at radius 1 is 1.00 bits per heavy atom. The van der Waals surface area contributed by atoms with Gasteiger partial charge >= 0.3 is 0 Å². The Hall–Kier alpha value is -1.36. The van der Waals surface area contributed by atoms with Gasteiger partial charge in [0.2, 0.25) is 5.91 Å². The lowest BCUT2D eigenvalue weighted by molar-refractivity contribution is -0.118. The molecule has 0 atom stereocenters. The lowest BCUT2D eigenvalue weighted by Gasteiger charge is -2.16. The maximum absolute atomic E-state index is 12.5. The molecule has 2 nitrogen and oxygen atoms in total. The highest BCUT2D eigenvalue weighted by Crippen LogP contribution is 2.49. The third-order valence-electron chi connectivity index (χ3n) is 3.63. The molecule has 1 saturated carbocycles. The molecular formula is C16H14INO. The summed E-state index contributed by atoms with van der Waals surface area (Å²) in [6, 6.07) is 17.9. The van der Waals surface area contributed by atoms with E-state index in [0.29, 0.717) is 0 Å².